The zero-order chi connectivity index (χ0) is 14.6. The topological polar surface area (TPSA) is 48.4 Å². The number of carbonyl (C=O) groups is 1. The molecule has 4 nitrogen and oxygen atoms in total. The summed E-state index contributed by atoms with van der Waals surface area (Å²) in [6.07, 6.45) is -3.70. The number of ether oxygens (including phenoxy) is 2. The van der Waals surface area contributed by atoms with E-state index in [1.165, 1.54) is 6.20 Å². The van der Waals surface area contributed by atoms with E-state index in [-0.39, 0.29) is 16.6 Å². The van der Waals surface area contributed by atoms with Crippen LogP contribution < -0.4 is 4.74 Å². The second kappa shape index (κ2) is 6.40. The van der Waals surface area contributed by atoms with Crippen molar-refractivity contribution in [2.75, 3.05) is 6.61 Å². The van der Waals surface area contributed by atoms with Crippen molar-refractivity contribution in [3.05, 3.63) is 20.9 Å². The van der Waals surface area contributed by atoms with Crippen LogP contribution in [0.2, 0.25) is 0 Å². The molecule has 0 saturated heterocycles. The molecular formula is C11H11F3INO3. The van der Waals surface area contributed by atoms with Crippen molar-refractivity contribution in [2.45, 2.75) is 26.6 Å². The van der Waals surface area contributed by atoms with Gasteiger partial charge in [-0.05, 0) is 47.6 Å². The van der Waals surface area contributed by atoms with Crippen LogP contribution in [0.5, 0.6) is 5.88 Å². The number of esters is 1. The Balaban J connectivity index is 3.03. The molecule has 106 valence electrons. The number of aromatic nitrogens is 1. The minimum Gasteiger partial charge on any atom is -0.466 e. The number of alkyl halides is 3. The number of aryl methyl sites for hydroxylation is 1. The fourth-order valence-electron chi connectivity index (χ4n) is 1.35. The Morgan fingerprint density at radius 1 is 1.47 bits per heavy atom. The highest BCUT2D eigenvalue weighted by atomic mass is 127. The Kier molecular flexibility index (Phi) is 5.39. The van der Waals surface area contributed by atoms with E-state index in [0.29, 0.717) is 11.1 Å². The van der Waals surface area contributed by atoms with Gasteiger partial charge in [0, 0.05) is 6.20 Å². The Labute approximate surface area is 121 Å². The van der Waals surface area contributed by atoms with Gasteiger partial charge in [0.2, 0.25) is 5.88 Å². The van der Waals surface area contributed by atoms with Crippen LogP contribution in [0.4, 0.5) is 13.2 Å². The summed E-state index contributed by atoms with van der Waals surface area (Å²) in [4.78, 5) is 15.0. The van der Waals surface area contributed by atoms with Crippen LogP contribution in [-0.4, -0.2) is 23.9 Å². The molecular weight excluding hydrogens is 378 g/mol. The van der Waals surface area contributed by atoms with E-state index in [2.05, 4.69) is 9.72 Å². The van der Waals surface area contributed by atoms with Gasteiger partial charge in [-0.3, -0.25) is 4.79 Å². The van der Waals surface area contributed by atoms with Crippen molar-refractivity contribution in [3.63, 3.8) is 0 Å². The lowest BCUT2D eigenvalue weighted by Gasteiger charge is -2.13. The zero-order valence-electron chi connectivity index (χ0n) is 10.2. The number of carbonyl (C=O) groups excluding carboxylic acids is 1. The van der Waals surface area contributed by atoms with Crippen LogP contribution >= 0.6 is 22.6 Å². The SMILES string of the molecule is CCOC(=O)Cc1c(C)cnc(OC(F)(F)F)c1I. The summed E-state index contributed by atoms with van der Waals surface area (Å²) < 4.78 is 45.3. The maximum absolute atomic E-state index is 12.2. The van der Waals surface area contributed by atoms with Gasteiger partial charge in [-0.15, -0.1) is 13.2 Å². The molecule has 0 radical (unpaired) electrons. The summed E-state index contributed by atoms with van der Waals surface area (Å²) >= 11 is 1.67. The molecule has 0 amide bonds. The Morgan fingerprint density at radius 2 is 2.11 bits per heavy atom. The smallest absolute Gasteiger partial charge is 0.466 e. The van der Waals surface area contributed by atoms with Crippen LogP contribution in [0.1, 0.15) is 18.1 Å². The van der Waals surface area contributed by atoms with Gasteiger partial charge in [-0.1, -0.05) is 0 Å². The lowest BCUT2D eigenvalue weighted by atomic mass is 10.1. The van der Waals surface area contributed by atoms with Crippen LogP contribution in [0.3, 0.4) is 0 Å². The van der Waals surface area contributed by atoms with E-state index in [4.69, 9.17) is 4.74 Å². The maximum Gasteiger partial charge on any atom is 0.574 e. The van der Waals surface area contributed by atoms with Gasteiger partial charge in [0.1, 0.15) is 0 Å². The number of hydrogen-bond donors (Lipinski definition) is 0. The third-order valence-electron chi connectivity index (χ3n) is 2.14. The van der Waals surface area contributed by atoms with Crippen LogP contribution in [0, 0.1) is 10.5 Å². The van der Waals surface area contributed by atoms with Crippen LogP contribution in [0.15, 0.2) is 6.20 Å². The van der Waals surface area contributed by atoms with Gasteiger partial charge < -0.3 is 9.47 Å². The van der Waals surface area contributed by atoms with Gasteiger partial charge in [0.05, 0.1) is 16.6 Å². The van der Waals surface area contributed by atoms with E-state index >= 15 is 0 Å². The van der Waals surface area contributed by atoms with Crippen molar-refractivity contribution in [1.29, 1.82) is 0 Å². The van der Waals surface area contributed by atoms with Crippen molar-refractivity contribution < 1.29 is 27.4 Å². The summed E-state index contributed by atoms with van der Waals surface area (Å²) in [7, 11) is 0. The van der Waals surface area contributed by atoms with E-state index < -0.39 is 18.2 Å². The molecule has 0 spiro atoms. The third-order valence-corrected chi connectivity index (χ3v) is 3.26. The second-order valence-electron chi connectivity index (χ2n) is 3.57. The van der Waals surface area contributed by atoms with Gasteiger partial charge >= 0.3 is 12.3 Å². The van der Waals surface area contributed by atoms with Crippen molar-refractivity contribution >= 4 is 28.6 Å². The average molecular weight is 389 g/mol. The first-order valence-corrected chi connectivity index (χ1v) is 6.37. The van der Waals surface area contributed by atoms with Gasteiger partial charge in [0.25, 0.3) is 0 Å². The number of pyridine rings is 1. The van der Waals surface area contributed by atoms with E-state index in [1.807, 2.05) is 0 Å². The van der Waals surface area contributed by atoms with Crippen molar-refractivity contribution in [1.82, 2.24) is 4.98 Å². The molecule has 1 heterocycles. The molecule has 0 aliphatic rings. The Hall–Kier alpha value is -1.06. The molecule has 0 atom stereocenters. The largest absolute Gasteiger partial charge is 0.574 e. The molecule has 0 N–H and O–H groups in total. The van der Waals surface area contributed by atoms with Gasteiger partial charge in [0.15, 0.2) is 0 Å². The predicted octanol–water partition coefficient (Wildman–Crippen LogP) is 3.00. The highest BCUT2D eigenvalue weighted by molar-refractivity contribution is 14.1. The van der Waals surface area contributed by atoms with Crippen molar-refractivity contribution in [3.8, 4) is 5.88 Å². The average Bonchev–Trinajstić information content (AvgIpc) is 2.27. The highest BCUT2D eigenvalue weighted by Gasteiger charge is 2.33. The lowest BCUT2D eigenvalue weighted by molar-refractivity contribution is -0.276. The predicted molar refractivity (Wildman–Crippen MR) is 68.7 cm³/mol. The van der Waals surface area contributed by atoms with Gasteiger partial charge in [-0.2, -0.15) is 0 Å². The molecule has 1 aromatic heterocycles. The second-order valence-corrected chi connectivity index (χ2v) is 4.65. The molecule has 8 heteroatoms. The maximum atomic E-state index is 12.2. The molecule has 0 fully saturated rings. The summed E-state index contributed by atoms with van der Waals surface area (Å²) in [5.74, 6) is -1.06. The summed E-state index contributed by atoms with van der Waals surface area (Å²) in [5.41, 5.74) is 1.03. The minimum absolute atomic E-state index is 0.116. The molecule has 1 aromatic rings. The van der Waals surface area contributed by atoms with E-state index in [0.717, 1.165) is 0 Å². The molecule has 0 unspecified atom stereocenters. The number of halogens is 4. The van der Waals surface area contributed by atoms with Crippen molar-refractivity contribution in [2.24, 2.45) is 0 Å². The fourth-order valence-corrected chi connectivity index (χ4v) is 2.21. The molecule has 0 aromatic carbocycles. The monoisotopic (exact) mass is 389 g/mol. The molecule has 0 bridgehead atoms. The summed E-state index contributed by atoms with van der Waals surface area (Å²) in [5, 5.41) is 0. The number of hydrogen-bond acceptors (Lipinski definition) is 4. The Morgan fingerprint density at radius 3 is 2.63 bits per heavy atom. The summed E-state index contributed by atoms with van der Waals surface area (Å²) in [6, 6.07) is 0. The highest BCUT2D eigenvalue weighted by Crippen LogP contribution is 2.29. The summed E-state index contributed by atoms with van der Waals surface area (Å²) in [6.45, 7) is 3.52. The fraction of sp³-hybridized carbons (Fsp3) is 0.455. The third kappa shape index (κ3) is 4.84. The van der Waals surface area contributed by atoms with Crippen LogP contribution in [0.25, 0.3) is 0 Å². The number of rotatable bonds is 4. The first-order chi connectivity index (χ1) is 8.74. The molecule has 0 saturated carbocycles. The molecule has 1 rings (SSSR count). The van der Waals surface area contributed by atoms with E-state index in [9.17, 15) is 18.0 Å². The molecule has 19 heavy (non-hydrogen) atoms. The quantitative estimate of drug-likeness (QED) is 0.587. The first kappa shape index (κ1) is 16.0. The Bertz CT molecular complexity index is 477. The normalized spacial score (nSPS) is 11.3. The van der Waals surface area contributed by atoms with Crippen LogP contribution in [-0.2, 0) is 16.0 Å². The first-order valence-electron chi connectivity index (χ1n) is 5.30. The van der Waals surface area contributed by atoms with Gasteiger partial charge in [-0.25, -0.2) is 4.98 Å². The lowest BCUT2D eigenvalue weighted by Crippen LogP contribution is -2.20. The van der Waals surface area contributed by atoms with E-state index in [1.54, 1.807) is 36.4 Å². The standard InChI is InChI=1S/C11H11F3INO3/c1-3-18-8(17)4-7-6(2)5-16-10(9(7)15)19-11(12,13)14/h5H,3-4H2,1-2H3. The zero-order valence-corrected chi connectivity index (χ0v) is 12.3. The number of nitrogens with zero attached hydrogens (tertiary/aromatic N) is 1. The molecule has 0 aliphatic carbocycles. The molecule has 0 aliphatic heterocycles. The minimum atomic E-state index is -4.82.